The van der Waals surface area contributed by atoms with Gasteiger partial charge >= 0.3 is 0 Å². The Morgan fingerprint density at radius 1 is 1.31 bits per heavy atom. The van der Waals surface area contributed by atoms with Gasteiger partial charge in [-0.2, -0.15) is 0 Å². The van der Waals surface area contributed by atoms with Gasteiger partial charge in [0.1, 0.15) is 0 Å². The van der Waals surface area contributed by atoms with Gasteiger partial charge in [-0.15, -0.1) is 0 Å². The van der Waals surface area contributed by atoms with Gasteiger partial charge in [-0.25, -0.2) is 8.42 Å². The zero-order chi connectivity index (χ0) is 10.1. The first-order chi connectivity index (χ1) is 5.95. The number of halogens is 2. The fraction of sp³-hybridized carbons (Fsp3) is 0. The van der Waals surface area contributed by atoms with Crippen LogP contribution in [0.2, 0.25) is 5.02 Å². The van der Waals surface area contributed by atoms with Gasteiger partial charge in [0.05, 0.1) is 9.92 Å². The van der Waals surface area contributed by atoms with Gasteiger partial charge < -0.3 is 0 Å². The summed E-state index contributed by atoms with van der Waals surface area (Å²) in [5.41, 5.74) is 0.100. The van der Waals surface area contributed by atoms with Crippen LogP contribution in [-0.2, 0) is 9.05 Å². The summed E-state index contributed by atoms with van der Waals surface area (Å²) < 4.78 is 21.6. The third kappa shape index (κ3) is 2.43. The van der Waals surface area contributed by atoms with Crippen molar-refractivity contribution in [1.82, 2.24) is 0 Å². The molecule has 6 heteroatoms. The molecule has 0 saturated heterocycles. The van der Waals surface area contributed by atoms with E-state index in [1.165, 1.54) is 12.1 Å². The van der Waals surface area contributed by atoms with Gasteiger partial charge in [0.2, 0.25) is 0 Å². The quantitative estimate of drug-likeness (QED) is 0.586. The summed E-state index contributed by atoms with van der Waals surface area (Å²) >= 11 is 5.58. The van der Waals surface area contributed by atoms with E-state index in [0.717, 1.165) is 6.07 Å². The molecule has 0 aliphatic carbocycles. The molecule has 0 saturated carbocycles. The van der Waals surface area contributed by atoms with E-state index in [4.69, 9.17) is 22.3 Å². The minimum absolute atomic E-state index is 0.100. The first-order valence-corrected chi connectivity index (χ1v) is 5.83. The third-order valence-electron chi connectivity index (χ3n) is 1.38. The van der Waals surface area contributed by atoms with E-state index in [1.54, 1.807) is 0 Å². The molecule has 1 aromatic rings. The van der Waals surface area contributed by atoms with E-state index in [1.807, 2.05) is 0 Å². The number of aldehydes is 1. The van der Waals surface area contributed by atoms with Crippen molar-refractivity contribution < 1.29 is 13.2 Å². The summed E-state index contributed by atoms with van der Waals surface area (Å²) in [6.45, 7) is 0. The second-order valence-corrected chi connectivity index (χ2v) is 5.21. The molecule has 0 radical (unpaired) electrons. The maximum atomic E-state index is 10.8. The largest absolute Gasteiger partial charge is 0.298 e. The van der Waals surface area contributed by atoms with Crippen LogP contribution in [0.5, 0.6) is 0 Å². The van der Waals surface area contributed by atoms with Crippen LogP contribution in [-0.4, -0.2) is 14.7 Å². The highest BCUT2D eigenvalue weighted by Crippen LogP contribution is 2.21. The molecule has 0 amide bonds. The topological polar surface area (TPSA) is 51.2 Å². The van der Waals surface area contributed by atoms with E-state index >= 15 is 0 Å². The lowest BCUT2D eigenvalue weighted by Gasteiger charge is -1.98. The first-order valence-electron chi connectivity index (χ1n) is 3.14. The zero-order valence-electron chi connectivity index (χ0n) is 6.20. The molecule has 0 spiro atoms. The molecule has 0 unspecified atom stereocenters. The number of hydrogen-bond donors (Lipinski definition) is 0. The normalized spacial score (nSPS) is 11.2. The summed E-state index contributed by atoms with van der Waals surface area (Å²) in [7, 11) is 1.26. The van der Waals surface area contributed by atoms with E-state index < -0.39 is 9.05 Å². The lowest BCUT2D eigenvalue weighted by Crippen LogP contribution is -1.92. The molecule has 0 heterocycles. The Hall–Kier alpha value is -0.580. The lowest BCUT2D eigenvalue weighted by molar-refractivity contribution is 0.112. The zero-order valence-corrected chi connectivity index (χ0v) is 8.53. The van der Waals surface area contributed by atoms with Gasteiger partial charge in [0.25, 0.3) is 9.05 Å². The van der Waals surface area contributed by atoms with Crippen LogP contribution in [0.25, 0.3) is 0 Å². The third-order valence-corrected chi connectivity index (χ3v) is 3.07. The Labute approximate surface area is 84.7 Å². The predicted molar refractivity (Wildman–Crippen MR) is 49.9 cm³/mol. The van der Waals surface area contributed by atoms with Gasteiger partial charge in [0, 0.05) is 16.2 Å². The van der Waals surface area contributed by atoms with Crippen molar-refractivity contribution in [3.05, 3.63) is 28.8 Å². The summed E-state index contributed by atoms with van der Waals surface area (Å²) in [6.07, 6.45) is 0.466. The van der Waals surface area contributed by atoms with Crippen molar-refractivity contribution in [1.29, 1.82) is 0 Å². The Balaban J connectivity index is 3.38. The molecule has 0 aliphatic rings. The molecule has 0 aromatic heterocycles. The van der Waals surface area contributed by atoms with Crippen LogP contribution in [0.3, 0.4) is 0 Å². The fourth-order valence-electron chi connectivity index (χ4n) is 0.764. The molecule has 1 rings (SSSR count). The van der Waals surface area contributed by atoms with E-state index in [-0.39, 0.29) is 15.5 Å². The standard InChI is InChI=1S/C7H4Cl2O3S/c8-7-2-1-6(13(9,11)12)3-5(7)4-10/h1-4H. The van der Waals surface area contributed by atoms with Gasteiger partial charge in [-0.1, -0.05) is 11.6 Å². The number of carbonyl (C=O) groups excluding carboxylic acids is 1. The van der Waals surface area contributed by atoms with Crippen molar-refractivity contribution in [2.24, 2.45) is 0 Å². The maximum absolute atomic E-state index is 10.8. The van der Waals surface area contributed by atoms with E-state index in [9.17, 15) is 13.2 Å². The van der Waals surface area contributed by atoms with Crippen LogP contribution in [0.4, 0.5) is 0 Å². The molecule has 70 valence electrons. The summed E-state index contributed by atoms with van der Waals surface area (Å²) in [6, 6.07) is 3.66. The van der Waals surface area contributed by atoms with Crippen LogP contribution in [0, 0.1) is 0 Å². The second kappa shape index (κ2) is 3.65. The average molecular weight is 239 g/mol. The number of hydrogen-bond acceptors (Lipinski definition) is 3. The highest BCUT2D eigenvalue weighted by molar-refractivity contribution is 8.13. The molecule has 3 nitrogen and oxygen atoms in total. The molecule has 0 N–H and O–H groups in total. The van der Waals surface area contributed by atoms with Crippen molar-refractivity contribution >= 4 is 37.6 Å². The molecule has 0 bridgehead atoms. The Morgan fingerprint density at radius 3 is 2.38 bits per heavy atom. The highest BCUT2D eigenvalue weighted by Gasteiger charge is 2.11. The van der Waals surface area contributed by atoms with Crippen molar-refractivity contribution in [2.45, 2.75) is 4.90 Å². The van der Waals surface area contributed by atoms with Crippen LogP contribution in [0.15, 0.2) is 23.1 Å². The Bertz CT molecular complexity index is 439. The number of carbonyl (C=O) groups is 1. The van der Waals surface area contributed by atoms with Crippen LogP contribution < -0.4 is 0 Å². The molecular weight excluding hydrogens is 235 g/mol. The molecule has 0 aliphatic heterocycles. The van der Waals surface area contributed by atoms with Gasteiger partial charge in [-0.05, 0) is 18.2 Å². The summed E-state index contributed by atoms with van der Waals surface area (Å²) in [4.78, 5) is 10.2. The van der Waals surface area contributed by atoms with Crippen molar-refractivity contribution in [3.63, 3.8) is 0 Å². The fourth-order valence-corrected chi connectivity index (χ4v) is 1.71. The molecule has 13 heavy (non-hydrogen) atoms. The minimum Gasteiger partial charge on any atom is -0.298 e. The Kier molecular flexibility index (Phi) is 2.95. The first kappa shape index (κ1) is 10.5. The monoisotopic (exact) mass is 238 g/mol. The highest BCUT2D eigenvalue weighted by atomic mass is 35.7. The summed E-state index contributed by atoms with van der Waals surface area (Å²) in [5, 5.41) is 0.194. The van der Waals surface area contributed by atoms with Crippen LogP contribution in [0.1, 0.15) is 10.4 Å². The van der Waals surface area contributed by atoms with Crippen LogP contribution >= 0.6 is 22.3 Å². The average Bonchev–Trinajstić information content (AvgIpc) is 2.03. The summed E-state index contributed by atoms with van der Waals surface area (Å²) in [5.74, 6) is 0. The molecule has 0 fully saturated rings. The number of benzene rings is 1. The lowest BCUT2D eigenvalue weighted by atomic mass is 10.2. The van der Waals surface area contributed by atoms with E-state index in [2.05, 4.69) is 0 Å². The minimum atomic E-state index is -3.80. The second-order valence-electron chi connectivity index (χ2n) is 2.24. The predicted octanol–water partition coefficient (Wildman–Crippen LogP) is 2.08. The molecule has 0 atom stereocenters. The molecule has 1 aromatic carbocycles. The van der Waals surface area contributed by atoms with Crippen molar-refractivity contribution in [2.75, 3.05) is 0 Å². The van der Waals surface area contributed by atoms with Gasteiger partial charge in [0.15, 0.2) is 6.29 Å². The van der Waals surface area contributed by atoms with E-state index in [0.29, 0.717) is 6.29 Å². The Morgan fingerprint density at radius 2 is 1.92 bits per heavy atom. The maximum Gasteiger partial charge on any atom is 0.261 e. The SMILES string of the molecule is O=Cc1cc(S(=O)(=O)Cl)ccc1Cl. The molecular formula is C7H4Cl2O3S. The van der Waals surface area contributed by atoms with Gasteiger partial charge in [-0.3, -0.25) is 4.79 Å². The number of rotatable bonds is 2. The smallest absolute Gasteiger partial charge is 0.261 e. The van der Waals surface area contributed by atoms with Crippen molar-refractivity contribution in [3.8, 4) is 0 Å².